The van der Waals surface area contributed by atoms with Crippen LogP contribution in [-0.4, -0.2) is 26.3 Å². The van der Waals surface area contributed by atoms with Crippen LogP contribution in [0, 0.1) is 0 Å². The summed E-state index contributed by atoms with van der Waals surface area (Å²) in [5.41, 5.74) is 1.03. The van der Waals surface area contributed by atoms with Crippen LogP contribution in [-0.2, 0) is 6.61 Å². The maximum Gasteiger partial charge on any atom is 0.163 e. The van der Waals surface area contributed by atoms with Gasteiger partial charge in [-0.05, 0) is 29.8 Å². The van der Waals surface area contributed by atoms with Crippen LogP contribution in [0.5, 0.6) is 17.2 Å². The Morgan fingerprint density at radius 1 is 1.14 bits per heavy atom. The van der Waals surface area contributed by atoms with Crippen molar-refractivity contribution in [3.63, 3.8) is 0 Å². The van der Waals surface area contributed by atoms with Crippen molar-refractivity contribution in [2.24, 2.45) is 0 Å². The fraction of sp³-hybridized carbons (Fsp3) is 0.294. The number of hydrogen-bond donors (Lipinski definition) is 1. The molecule has 2 aromatic rings. The van der Waals surface area contributed by atoms with Crippen molar-refractivity contribution in [3.8, 4) is 17.2 Å². The number of nitrogens with one attached hydrogen (secondary N) is 1. The SMILES string of the molecule is COc1cccc(COc2ccc(Cl)cc2OC2CNC2)c1. The lowest BCUT2D eigenvalue weighted by atomic mass is 10.2. The summed E-state index contributed by atoms with van der Waals surface area (Å²) in [6, 6.07) is 13.2. The maximum atomic E-state index is 6.05. The Kier molecular flexibility index (Phi) is 4.71. The minimum atomic E-state index is 0.178. The van der Waals surface area contributed by atoms with Crippen molar-refractivity contribution in [1.29, 1.82) is 0 Å². The molecule has 0 bridgehead atoms. The fourth-order valence-electron chi connectivity index (χ4n) is 2.14. The molecule has 0 spiro atoms. The molecule has 3 rings (SSSR count). The first-order valence-electron chi connectivity index (χ1n) is 7.17. The van der Waals surface area contributed by atoms with Gasteiger partial charge in [0.05, 0.1) is 7.11 Å². The van der Waals surface area contributed by atoms with E-state index in [4.69, 9.17) is 25.8 Å². The first-order valence-corrected chi connectivity index (χ1v) is 7.55. The van der Waals surface area contributed by atoms with E-state index in [-0.39, 0.29) is 6.10 Å². The molecule has 1 N–H and O–H groups in total. The van der Waals surface area contributed by atoms with Crippen molar-refractivity contribution in [3.05, 3.63) is 53.1 Å². The van der Waals surface area contributed by atoms with Gasteiger partial charge in [0.1, 0.15) is 18.5 Å². The summed E-state index contributed by atoms with van der Waals surface area (Å²) in [5.74, 6) is 2.19. The number of methoxy groups -OCH3 is 1. The van der Waals surface area contributed by atoms with E-state index in [0.717, 1.165) is 24.4 Å². The van der Waals surface area contributed by atoms with Crippen molar-refractivity contribution >= 4 is 11.6 Å². The van der Waals surface area contributed by atoms with Gasteiger partial charge < -0.3 is 19.5 Å². The standard InChI is InChI=1S/C17H18ClNO3/c1-20-14-4-2-3-12(7-14)11-21-16-6-5-13(18)8-17(16)22-15-9-19-10-15/h2-8,15,19H,9-11H2,1H3. The minimum Gasteiger partial charge on any atom is -0.497 e. The van der Waals surface area contributed by atoms with E-state index >= 15 is 0 Å². The van der Waals surface area contributed by atoms with Gasteiger partial charge in [0.2, 0.25) is 0 Å². The third-order valence-corrected chi connectivity index (χ3v) is 3.71. The maximum absolute atomic E-state index is 6.05. The molecule has 0 aliphatic carbocycles. The Morgan fingerprint density at radius 2 is 2.00 bits per heavy atom. The van der Waals surface area contributed by atoms with E-state index in [1.165, 1.54) is 0 Å². The Hall–Kier alpha value is -1.91. The second-order valence-electron chi connectivity index (χ2n) is 5.13. The highest BCUT2D eigenvalue weighted by Crippen LogP contribution is 2.32. The van der Waals surface area contributed by atoms with E-state index < -0.39 is 0 Å². The molecule has 0 unspecified atom stereocenters. The van der Waals surface area contributed by atoms with E-state index in [1.54, 1.807) is 19.2 Å². The molecule has 1 saturated heterocycles. The van der Waals surface area contributed by atoms with Crippen LogP contribution in [0.25, 0.3) is 0 Å². The van der Waals surface area contributed by atoms with Crippen LogP contribution in [0.2, 0.25) is 5.02 Å². The van der Waals surface area contributed by atoms with Crippen LogP contribution in [0.3, 0.4) is 0 Å². The largest absolute Gasteiger partial charge is 0.497 e. The summed E-state index contributed by atoms with van der Waals surface area (Å²) in [4.78, 5) is 0. The lowest BCUT2D eigenvalue weighted by molar-refractivity contribution is 0.134. The fourth-order valence-corrected chi connectivity index (χ4v) is 2.30. The van der Waals surface area contributed by atoms with E-state index in [2.05, 4.69) is 5.32 Å². The van der Waals surface area contributed by atoms with Gasteiger partial charge in [-0.25, -0.2) is 0 Å². The first kappa shape index (κ1) is 15.0. The zero-order valence-corrected chi connectivity index (χ0v) is 13.1. The molecule has 0 aromatic heterocycles. The van der Waals surface area contributed by atoms with Gasteiger partial charge in [-0.3, -0.25) is 0 Å². The zero-order valence-electron chi connectivity index (χ0n) is 12.3. The van der Waals surface area contributed by atoms with E-state index in [1.807, 2.05) is 30.3 Å². The molecular formula is C17H18ClNO3. The van der Waals surface area contributed by atoms with Gasteiger partial charge in [-0.15, -0.1) is 0 Å². The van der Waals surface area contributed by atoms with E-state index in [0.29, 0.717) is 23.1 Å². The van der Waals surface area contributed by atoms with Gasteiger partial charge in [0, 0.05) is 24.2 Å². The van der Waals surface area contributed by atoms with Gasteiger partial charge in [0.15, 0.2) is 11.5 Å². The third kappa shape index (κ3) is 3.64. The molecule has 116 valence electrons. The lowest BCUT2D eigenvalue weighted by Gasteiger charge is -2.28. The summed E-state index contributed by atoms with van der Waals surface area (Å²) >= 11 is 6.05. The van der Waals surface area contributed by atoms with Crippen molar-refractivity contribution in [1.82, 2.24) is 5.32 Å². The van der Waals surface area contributed by atoms with Gasteiger partial charge in [0.25, 0.3) is 0 Å². The average Bonchev–Trinajstić information content (AvgIpc) is 2.50. The highest BCUT2D eigenvalue weighted by atomic mass is 35.5. The predicted molar refractivity (Wildman–Crippen MR) is 86.1 cm³/mol. The quantitative estimate of drug-likeness (QED) is 0.887. The van der Waals surface area contributed by atoms with Crippen LogP contribution < -0.4 is 19.5 Å². The van der Waals surface area contributed by atoms with Crippen molar-refractivity contribution < 1.29 is 14.2 Å². The molecule has 1 aliphatic heterocycles. The number of hydrogen-bond acceptors (Lipinski definition) is 4. The zero-order chi connectivity index (χ0) is 15.4. The monoisotopic (exact) mass is 319 g/mol. The topological polar surface area (TPSA) is 39.7 Å². The molecule has 0 radical (unpaired) electrons. The van der Waals surface area contributed by atoms with E-state index in [9.17, 15) is 0 Å². The Labute approximate surface area is 135 Å². The summed E-state index contributed by atoms with van der Waals surface area (Å²) in [7, 11) is 1.65. The molecule has 1 heterocycles. The summed E-state index contributed by atoms with van der Waals surface area (Å²) in [6.07, 6.45) is 0.178. The smallest absolute Gasteiger partial charge is 0.163 e. The van der Waals surface area contributed by atoms with Crippen molar-refractivity contribution in [2.75, 3.05) is 20.2 Å². The normalized spacial score (nSPS) is 14.3. The molecule has 2 aromatic carbocycles. The molecule has 22 heavy (non-hydrogen) atoms. The minimum absolute atomic E-state index is 0.178. The molecule has 1 aliphatic rings. The lowest BCUT2D eigenvalue weighted by Crippen LogP contribution is -2.50. The molecule has 0 atom stereocenters. The number of rotatable bonds is 6. The molecule has 0 amide bonds. The first-order chi connectivity index (χ1) is 10.7. The molecule has 4 nitrogen and oxygen atoms in total. The average molecular weight is 320 g/mol. The Morgan fingerprint density at radius 3 is 2.73 bits per heavy atom. The van der Waals surface area contributed by atoms with Gasteiger partial charge in [-0.2, -0.15) is 0 Å². The summed E-state index contributed by atoms with van der Waals surface area (Å²) < 4.78 is 17.0. The molecule has 5 heteroatoms. The van der Waals surface area contributed by atoms with Crippen LogP contribution >= 0.6 is 11.6 Å². The molecular weight excluding hydrogens is 302 g/mol. The Bertz CT molecular complexity index is 644. The second-order valence-corrected chi connectivity index (χ2v) is 5.57. The number of halogens is 1. The van der Waals surface area contributed by atoms with Crippen LogP contribution in [0.15, 0.2) is 42.5 Å². The molecule has 1 fully saturated rings. The highest BCUT2D eigenvalue weighted by Gasteiger charge is 2.20. The highest BCUT2D eigenvalue weighted by molar-refractivity contribution is 6.30. The van der Waals surface area contributed by atoms with Gasteiger partial charge >= 0.3 is 0 Å². The van der Waals surface area contributed by atoms with Crippen LogP contribution in [0.1, 0.15) is 5.56 Å². The third-order valence-electron chi connectivity index (χ3n) is 3.47. The number of benzene rings is 2. The van der Waals surface area contributed by atoms with Crippen molar-refractivity contribution in [2.45, 2.75) is 12.7 Å². The predicted octanol–water partition coefficient (Wildman–Crippen LogP) is 3.28. The molecule has 0 saturated carbocycles. The number of ether oxygens (including phenoxy) is 3. The van der Waals surface area contributed by atoms with Crippen LogP contribution in [0.4, 0.5) is 0 Å². The van der Waals surface area contributed by atoms with Gasteiger partial charge in [-0.1, -0.05) is 23.7 Å². The Balaban J connectivity index is 1.70. The second kappa shape index (κ2) is 6.90. The summed E-state index contributed by atoms with van der Waals surface area (Å²) in [5, 5.41) is 3.81. The summed E-state index contributed by atoms with van der Waals surface area (Å²) in [6.45, 7) is 2.14.